The molecule has 0 rings (SSSR count). The first kappa shape index (κ1) is 60.6. The number of carbonyl (C=O) groups excluding carboxylic acids is 3. The third-order valence-corrected chi connectivity index (χ3v) is 11.2. The molecular weight excluding hydrogens is 793 g/mol. The van der Waals surface area contributed by atoms with E-state index in [9.17, 15) is 14.4 Å². The van der Waals surface area contributed by atoms with Crippen LogP contribution in [-0.2, 0) is 28.6 Å². The highest BCUT2D eigenvalue weighted by molar-refractivity contribution is 5.71. The van der Waals surface area contributed by atoms with Crippen LogP contribution in [0.5, 0.6) is 0 Å². The van der Waals surface area contributed by atoms with Crippen molar-refractivity contribution in [2.75, 3.05) is 13.2 Å². The number of hydrogen-bond donors (Lipinski definition) is 0. The Bertz CT molecular complexity index is 1250. The highest BCUT2D eigenvalue weighted by Crippen LogP contribution is 2.14. The summed E-state index contributed by atoms with van der Waals surface area (Å²) in [6.45, 7) is 6.36. The molecule has 0 saturated carbocycles. The first-order valence-electron chi connectivity index (χ1n) is 26.6. The number of esters is 3. The van der Waals surface area contributed by atoms with Crippen molar-refractivity contribution in [3.63, 3.8) is 0 Å². The van der Waals surface area contributed by atoms with Gasteiger partial charge >= 0.3 is 17.9 Å². The fourth-order valence-electron chi connectivity index (χ4n) is 7.22. The Morgan fingerprint density at radius 1 is 0.344 bits per heavy atom. The second-order valence-electron chi connectivity index (χ2n) is 17.4. The van der Waals surface area contributed by atoms with Gasteiger partial charge in [0.25, 0.3) is 0 Å². The maximum absolute atomic E-state index is 12.8. The van der Waals surface area contributed by atoms with Crippen LogP contribution in [0.3, 0.4) is 0 Å². The molecule has 0 aromatic rings. The van der Waals surface area contributed by atoms with E-state index >= 15 is 0 Å². The second-order valence-corrected chi connectivity index (χ2v) is 17.4. The van der Waals surface area contributed by atoms with Crippen LogP contribution in [-0.4, -0.2) is 37.2 Å². The molecule has 0 aliphatic rings. The molecule has 0 aromatic carbocycles. The van der Waals surface area contributed by atoms with Gasteiger partial charge in [-0.05, 0) is 96.3 Å². The van der Waals surface area contributed by atoms with Crippen molar-refractivity contribution >= 4 is 17.9 Å². The molecule has 64 heavy (non-hydrogen) atoms. The van der Waals surface area contributed by atoms with Crippen LogP contribution in [0.2, 0.25) is 0 Å². The summed E-state index contributed by atoms with van der Waals surface area (Å²) in [6.07, 6.45) is 67.1. The van der Waals surface area contributed by atoms with Gasteiger partial charge in [-0.15, -0.1) is 0 Å². The van der Waals surface area contributed by atoms with Gasteiger partial charge < -0.3 is 14.2 Å². The molecule has 0 radical (unpaired) electrons. The summed E-state index contributed by atoms with van der Waals surface area (Å²) in [6, 6.07) is 0. The topological polar surface area (TPSA) is 78.9 Å². The molecule has 0 aliphatic heterocycles. The van der Waals surface area contributed by atoms with E-state index in [-0.39, 0.29) is 31.1 Å². The Labute approximate surface area is 395 Å². The number of rotatable bonds is 47. The molecule has 0 bridgehead atoms. The van der Waals surface area contributed by atoms with Gasteiger partial charge in [0.2, 0.25) is 0 Å². The van der Waals surface area contributed by atoms with Gasteiger partial charge in [0.05, 0.1) is 0 Å². The van der Waals surface area contributed by atoms with Crippen molar-refractivity contribution in [3.8, 4) is 0 Å². The summed E-state index contributed by atoms with van der Waals surface area (Å²) >= 11 is 0. The molecule has 0 spiro atoms. The smallest absolute Gasteiger partial charge is 0.306 e. The Morgan fingerprint density at radius 2 is 0.688 bits per heavy atom. The molecule has 6 heteroatoms. The summed E-state index contributed by atoms with van der Waals surface area (Å²) in [5, 5.41) is 0. The predicted molar refractivity (Wildman–Crippen MR) is 274 cm³/mol. The zero-order chi connectivity index (χ0) is 46.5. The highest BCUT2D eigenvalue weighted by Gasteiger charge is 2.19. The molecule has 0 amide bonds. The third kappa shape index (κ3) is 49.6. The van der Waals surface area contributed by atoms with Crippen molar-refractivity contribution in [1.82, 2.24) is 0 Å². The summed E-state index contributed by atoms with van der Waals surface area (Å²) in [4.78, 5) is 38.0. The Hall–Kier alpha value is -3.41. The molecule has 366 valence electrons. The van der Waals surface area contributed by atoms with Crippen LogP contribution >= 0.6 is 0 Å². The van der Waals surface area contributed by atoms with Crippen molar-refractivity contribution in [3.05, 3.63) is 85.1 Å². The van der Waals surface area contributed by atoms with Gasteiger partial charge in [-0.2, -0.15) is 0 Å². The fourth-order valence-corrected chi connectivity index (χ4v) is 7.22. The zero-order valence-corrected chi connectivity index (χ0v) is 41.8. The van der Waals surface area contributed by atoms with Gasteiger partial charge in [-0.3, -0.25) is 14.4 Å². The lowest BCUT2D eigenvalue weighted by Gasteiger charge is -2.18. The van der Waals surface area contributed by atoms with E-state index in [2.05, 4.69) is 106 Å². The summed E-state index contributed by atoms with van der Waals surface area (Å²) < 4.78 is 16.8. The van der Waals surface area contributed by atoms with E-state index in [0.29, 0.717) is 19.3 Å². The average Bonchev–Trinajstić information content (AvgIpc) is 3.29. The SMILES string of the molecule is CC\C=C/C=C\C=C/CCCCCCCC(=O)OCC(COC(=O)CCCCCCCCCCC/C=C\C/C=C\C/C=C\CC)OC(=O)CCCCC/C=C\CCCCCCCCC. The van der Waals surface area contributed by atoms with E-state index in [1.165, 1.54) is 89.9 Å². The van der Waals surface area contributed by atoms with Gasteiger partial charge in [-0.25, -0.2) is 0 Å². The van der Waals surface area contributed by atoms with Crippen molar-refractivity contribution in [1.29, 1.82) is 0 Å². The average molecular weight is 891 g/mol. The number of hydrogen-bond acceptors (Lipinski definition) is 6. The van der Waals surface area contributed by atoms with Crippen molar-refractivity contribution < 1.29 is 28.6 Å². The normalized spacial score (nSPS) is 12.7. The van der Waals surface area contributed by atoms with E-state index in [1.54, 1.807) is 0 Å². The van der Waals surface area contributed by atoms with Gasteiger partial charge in [-0.1, -0.05) is 215 Å². The number of allylic oxidation sites excluding steroid dienone is 14. The maximum atomic E-state index is 12.8. The first-order valence-corrected chi connectivity index (χ1v) is 26.6. The summed E-state index contributed by atoms with van der Waals surface area (Å²) in [5.74, 6) is -0.934. The monoisotopic (exact) mass is 891 g/mol. The number of unbranched alkanes of at least 4 members (excludes halogenated alkanes) is 24. The minimum absolute atomic E-state index is 0.0924. The van der Waals surface area contributed by atoms with Gasteiger partial charge in [0, 0.05) is 19.3 Å². The van der Waals surface area contributed by atoms with Crippen molar-refractivity contribution in [2.45, 2.75) is 252 Å². The molecule has 1 atom stereocenters. The predicted octanol–water partition coefficient (Wildman–Crippen LogP) is 17.6. The number of ether oxygens (including phenoxy) is 3. The Morgan fingerprint density at radius 3 is 1.16 bits per heavy atom. The van der Waals surface area contributed by atoms with Crippen LogP contribution in [0.4, 0.5) is 0 Å². The molecule has 0 N–H and O–H groups in total. The van der Waals surface area contributed by atoms with Crippen LogP contribution in [0.25, 0.3) is 0 Å². The minimum Gasteiger partial charge on any atom is -0.462 e. The van der Waals surface area contributed by atoms with E-state index in [1.807, 2.05) is 0 Å². The Kier molecular flexibility index (Phi) is 49.4. The molecular formula is C58H98O6. The second kappa shape index (κ2) is 52.2. The lowest BCUT2D eigenvalue weighted by atomic mass is 10.1. The van der Waals surface area contributed by atoms with E-state index in [0.717, 1.165) is 116 Å². The summed E-state index contributed by atoms with van der Waals surface area (Å²) in [7, 11) is 0. The molecule has 0 fully saturated rings. The van der Waals surface area contributed by atoms with Crippen LogP contribution < -0.4 is 0 Å². The van der Waals surface area contributed by atoms with E-state index in [4.69, 9.17) is 14.2 Å². The minimum atomic E-state index is -0.795. The Balaban J connectivity index is 4.40. The molecule has 1 unspecified atom stereocenters. The fraction of sp³-hybridized carbons (Fsp3) is 0.707. The van der Waals surface area contributed by atoms with Crippen LogP contribution in [0.1, 0.15) is 245 Å². The van der Waals surface area contributed by atoms with Crippen molar-refractivity contribution in [2.24, 2.45) is 0 Å². The lowest BCUT2D eigenvalue weighted by molar-refractivity contribution is -0.167. The van der Waals surface area contributed by atoms with Gasteiger partial charge in [0.15, 0.2) is 6.10 Å². The maximum Gasteiger partial charge on any atom is 0.306 e. The lowest BCUT2D eigenvalue weighted by Crippen LogP contribution is -2.30. The molecule has 6 nitrogen and oxygen atoms in total. The van der Waals surface area contributed by atoms with E-state index < -0.39 is 6.10 Å². The summed E-state index contributed by atoms with van der Waals surface area (Å²) in [5.41, 5.74) is 0. The van der Waals surface area contributed by atoms with Crippen LogP contribution in [0, 0.1) is 0 Å². The quantitative estimate of drug-likeness (QED) is 0.0199. The standard InChI is InChI=1S/C58H98O6/c1-4-7-10-13-16-19-22-25-27-28-29-30-31-34-36-39-42-45-48-51-57(60)63-54-55(53-62-56(59)50-47-44-41-38-35-32-24-21-18-15-12-9-6-3)64-58(61)52-49-46-43-40-37-33-26-23-20-17-14-11-8-5-2/h7,9-10,12,15-16,18-19,21,24-25,27,33,37,55H,4-6,8,11,13-14,17,20,22-23,26,28-32,34-36,38-54H2,1-3H3/b10-7-,12-9-,18-15-,19-16-,24-21-,27-25-,37-33-. The molecule has 0 aliphatic carbocycles. The van der Waals surface area contributed by atoms with Gasteiger partial charge in [0.1, 0.15) is 13.2 Å². The third-order valence-electron chi connectivity index (χ3n) is 11.2. The molecule has 0 saturated heterocycles. The first-order chi connectivity index (χ1) is 31.5. The van der Waals surface area contributed by atoms with Crippen LogP contribution in [0.15, 0.2) is 85.1 Å². The highest BCUT2D eigenvalue weighted by atomic mass is 16.6. The molecule has 0 heterocycles. The largest absolute Gasteiger partial charge is 0.462 e. The number of carbonyl (C=O) groups is 3. The zero-order valence-electron chi connectivity index (χ0n) is 41.8. The molecule has 0 aromatic heterocycles.